The Hall–Kier alpha value is -2.83. The van der Waals surface area contributed by atoms with Crippen molar-refractivity contribution in [3.8, 4) is 11.5 Å². The number of hydrogen-bond donors (Lipinski definition) is 1. The summed E-state index contributed by atoms with van der Waals surface area (Å²) in [7, 11) is 0. The van der Waals surface area contributed by atoms with Crippen LogP contribution in [0.4, 0.5) is 4.79 Å². The molecule has 7 heteroatoms. The summed E-state index contributed by atoms with van der Waals surface area (Å²) in [5, 5.41) is 2.23. The molecule has 1 aromatic rings. The van der Waals surface area contributed by atoms with Gasteiger partial charge in [-0.05, 0) is 30.2 Å². The number of nitrogens with one attached hydrogen (secondary N) is 1. The topological polar surface area (TPSA) is 84.9 Å². The van der Waals surface area contributed by atoms with E-state index in [4.69, 9.17) is 9.47 Å². The van der Waals surface area contributed by atoms with Crippen LogP contribution in [-0.2, 0) is 9.59 Å². The lowest BCUT2D eigenvalue weighted by molar-refractivity contribution is -0.130. The first-order valence-electron chi connectivity index (χ1n) is 8.38. The Bertz CT molecular complexity index is 741. The van der Waals surface area contributed by atoms with Crippen molar-refractivity contribution >= 4 is 23.9 Å². The zero-order valence-electron chi connectivity index (χ0n) is 14.0. The molecular weight excluding hydrogens is 324 g/mol. The average Bonchev–Trinajstić information content (AvgIpc) is 3.05. The quantitative estimate of drug-likeness (QED) is 0.487. The minimum Gasteiger partial charge on any atom is -0.454 e. The molecule has 7 nitrogen and oxygen atoms in total. The zero-order chi connectivity index (χ0) is 17.8. The van der Waals surface area contributed by atoms with Crippen LogP contribution in [0.3, 0.4) is 0 Å². The molecule has 132 valence electrons. The van der Waals surface area contributed by atoms with E-state index in [1.54, 1.807) is 18.2 Å². The van der Waals surface area contributed by atoms with Crippen LogP contribution in [0.5, 0.6) is 11.5 Å². The van der Waals surface area contributed by atoms with Gasteiger partial charge in [0.2, 0.25) is 6.79 Å². The van der Waals surface area contributed by atoms with E-state index in [2.05, 4.69) is 12.2 Å². The van der Waals surface area contributed by atoms with Gasteiger partial charge >= 0.3 is 6.03 Å². The van der Waals surface area contributed by atoms with E-state index in [9.17, 15) is 14.4 Å². The molecule has 0 aromatic heterocycles. The second kappa shape index (κ2) is 7.38. The number of nitrogens with zero attached hydrogens (tertiary/aromatic N) is 1. The number of amides is 4. The molecular formula is C18H20N2O5. The lowest BCUT2D eigenvalue weighted by Crippen LogP contribution is -2.54. The molecule has 0 radical (unpaired) electrons. The second-order valence-electron chi connectivity index (χ2n) is 5.95. The number of fused-ring (bicyclic) bond motifs is 1. The molecule has 0 unspecified atom stereocenters. The van der Waals surface area contributed by atoms with Crippen molar-refractivity contribution in [2.24, 2.45) is 0 Å². The van der Waals surface area contributed by atoms with E-state index >= 15 is 0 Å². The van der Waals surface area contributed by atoms with E-state index < -0.39 is 17.8 Å². The van der Waals surface area contributed by atoms with Crippen LogP contribution in [0.1, 0.15) is 38.2 Å². The fraction of sp³-hybridized carbons (Fsp3) is 0.389. The van der Waals surface area contributed by atoms with E-state index in [1.807, 2.05) is 0 Å². The molecule has 0 spiro atoms. The third-order valence-electron chi connectivity index (χ3n) is 4.13. The van der Waals surface area contributed by atoms with Crippen LogP contribution in [0, 0.1) is 0 Å². The summed E-state index contributed by atoms with van der Waals surface area (Å²) in [6.45, 7) is 2.54. The van der Waals surface area contributed by atoms with Gasteiger partial charge < -0.3 is 9.47 Å². The van der Waals surface area contributed by atoms with Gasteiger partial charge in [-0.25, -0.2) is 4.79 Å². The van der Waals surface area contributed by atoms with Gasteiger partial charge in [0.05, 0.1) is 0 Å². The van der Waals surface area contributed by atoms with Crippen molar-refractivity contribution in [2.75, 3.05) is 13.3 Å². The number of barbiturate groups is 1. The van der Waals surface area contributed by atoms with Gasteiger partial charge in [0.1, 0.15) is 5.57 Å². The van der Waals surface area contributed by atoms with Crippen LogP contribution < -0.4 is 14.8 Å². The summed E-state index contributed by atoms with van der Waals surface area (Å²) < 4.78 is 10.5. The highest BCUT2D eigenvalue weighted by atomic mass is 16.7. The summed E-state index contributed by atoms with van der Waals surface area (Å²) >= 11 is 0. The lowest BCUT2D eigenvalue weighted by Gasteiger charge is -2.26. The van der Waals surface area contributed by atoms with Crippen LogP contribution in [0.15, 0.2) is 23.8 Å². The molecule has 2 aliphatic rings. The van der Waals surface area contributed by atoms with Gasteiger partial charge in [-0.3, -0.25) is 19.8 Å². The highest BCUT2D eigenvalue weighted by Crippen LogP contribution is 2.33. The molecule has 0 saturated carbocycles. The molecule has 25 heavy (non-hydrogen) atoms. The highest BCUT2D eigenvalue weighted by Gasteiger charge is 2.35. The number of benzene rings is 1. The number of carbonyl (C=O) groups excluding carboxylic acids is 3. The van der Waals surface area contributed by atoms with Crippen molar-refractivity contribution < 1.29 is 23.9 Å². The molecule has 2 aliphatic heterocycles. The Morgan fingerprint density at radius 2 is 1.92 bits per heavy atom. The van der Waals surface area contributed by atoms with Gasteiger partial charge in [0.15, 0.2) is 11.5 Å². The maximum Gasteiger partial charge on any atom is 0.331 e. The largest absolute Gasteiger partial charge is 0.454 e. The first kappa shape index (κ1) is 17.0. The Morgan fingerprint density at radius 1 is 1.12 bits per heavy atom. The number of ether oxygens (including phenoxy) is 2. The van der Waals surface area contributed by atoms with Crippen LogP contribution >= 0.6 is 0 Å². The molecule has 1 aromatic carbocycles. The minimum atomic E-state index is -0.683. The van der Waals surface area contributed by atoms with Gasteiger partial charge in [-0.1, -0.05) is 32.3 Å². The number of hydrogen-bond acceptors (Lipinski definition) is 5. The van der Waals surface area contributed by atoms with Gasteiger partial charge in [0.25, 0.3) is 11.8 Å². The number of urea groups is 1. The molecule has 4 amide bonds. The molecule has 0 atom stereocenters. The average molecular weight is 344 g/mol. The summed E-state index contributed by atoms with van der Waals surface area (Å²) in [5.74, 6) is -0.0693. The van der Waals surface area contributed by atoms with Gasteiger partial charge in [-0.15, -0.1) is 0 Å². The smallest absolute Gasteiger partial charge is 0.331 e. The van der Waals surface area contributed by atoms with Gasteiger partial charge in [-0.2, -0.15) is 0 Å². The Morgan fingerprint density at radius 3 is 2.72 bits per heavy atom. The third-order valence-corrected chi connectivity index (χ3v) is 4.13. The number of carbonyl (C=O) groups is 3. The highest BCUT2D eigenvalue weighted by molar-refractivity contribution is 6.31. The first-order chi connectivity index (χ1) is 12.1. The van der Waals surface area contributed by atoms with Crippen LogP contribution in [-0.4, -0.2) is 36.1 Å². The van der Waals surface area contributed by atoms with Crippen LogP contribution in [0.2, 0.25) is 0 Å². The standard InChI is InChI=1S/C18H20N2O5/c1-2-3-4-5-8-20-17(22)13(16(21)19-18(20)23)9-12-6-7-14-15(10-12)25-11-24-14/h6-7,9-10H,2-5,8,11H2,1H3,(H,19,21,23). The Labute approximate surface area is 145 Å². The van der Waals surface area contributed by atoms with E-state index in [-0.39, 0.29) is 12.4 Å². The van der Waals surface area contributed by atoms with E-state index in [0.717, 1.165) is 30.6 Å². The predicted octanol–water partition coefficient (Wildman–Crippen LogP) is 2.46. The third kappa shape index (κ3) is 3.65. The van der Waals surface area contributed by atoms with Crippen molar-refractivity contribution in [3.05, 3.63) is 29.3 Å². The SMILES string of the molecule is CCCCCCN1C(=O)NC(=O)C(=Cc2ccc3c(c2)OCO3)C1=O. The first-order valence-corrected chi connectivity index (χ1v) is 8.38. The number of unbranched alkanes of at least 4 members (excludes halogenated alkanes) is 3. The van der Waals surface area contributed by atoms with Gasteiger partial charge in [0, 0.05) is 6.54 Å². The summed E-state index contributed by atoms with van der Waals surface area (Å²) in [5.41, 5.74) is 0.567. The van der Waals surface area contributed by atoms with E-state index in [0.29, 0.717) is 23.6 Å². The molecule has 0 bridgehead atoms. The normalized spacial score (nSPS) is 18.0. The maximum atomic E-state index is 12.6. The van der Waals surface area contributed by atoms with Crippen LogP contribution in [0.25, 0.3) is 6.08 Å². The van der Waals surface area contributed by atoms with Crippen molar-refractivity contribution in [1.82, 2.24) is 10.2 Å². The van der Waals surface area contributed by atoms with Crippen molar-refractivity contribution in [1.29, 1.82) is 0 Å². The molecule has 1 N–H and O–H groups in total. The number of imide groups is 2. The molecule has 2 heterocycles. The summed E-state index contributed by atoms with van der Waals surface area (Å²) in [6.07, 6.45) is 5.22. The molecule has 0 aliphatic carbocycles. The Balaban J connectivity index is 1.78. The summed E-state index contributed by atoms with van der Waals surface area (Å²) in [6, 6.07) is 4.48. The summed E-state index contributed by atoms with van der Waals surface area (Å²) in [4.78, 5) is 37.7. The van der Waals surface area contributed by atoms with E-state index in [1.165, 1.54) is 6.08 Å². The predicted molar refractivity (Wildman–Crippen MR) is 89.9 cm³/mol. The minimum absolute atomic E-state index is 0.0612. The van der Waals surface area contributed by atoms with Crippen molar-refractivity contribution in [3.63, 3.8) is 0 Å². The monoisotopic (exact) mass is 344 g/mol. The number of rotatable bonds is 6. The Kier molecular flexibility index (Phi) is 5.02. The van der Waals surface area contributed by atoms with Crippen molar-refractivity contribution in [2.45, 2.75) is 32.6 Å². The fourth-order valence-corrected chi connectivity index (χ4v) is 2.76. The lowest BCUT2D eigenvalue weighted by atomic mass is 10.1. The maximum absolute atomic E-state index is 12.6. The molecule has 1 fully saturated rings. The molecule has 1 saturated heterocycles. The molecule has 3 rings (SSSR count). The fourth-order valence-electron chi connectivity index (χ4n) is 2.76. The second-order valence-corrected chi connectivity index (χ2v) is 5.95. The zero-order valence-corrected chi connectivity index (χ0v) is 14.0.